The predicted molar refractivity (Wildman–Crippen MR) is 94.2 cm³/mol. The van der Waals surface area contributed by atoms with E-state index in [-0.39, 0.29) is 5.82 Å². The van der Waals surface area contributed by atoms with Crippen LogP contribution in [0.15, 0.2) is 28.8 Å². The molecule has 0 saturated heterocycles. The average Bonchev–Trinajstić information content (AvgIpc) is 2.97. The lowest BCUT2D eigenvalue weighted by atomic mass is 10.1. The molecule has 0 spiro atoms. The molecule has 138 valence electrons. The molecule has 5 nitrogen and oxygen atoms in total. The molecular formula is C16H21ClF2N3O2P. The van der Waals surface area contributed by atoms with Crippen LogP contribution in [0.3, 0.4) is 0 Å². The Balaban J connectivity index is 2.12. The summed E-state index contributed by atoms with van der Waals surface area (Å²) in [4.78, 5) is 3.59. The summed E-state index contributed by atoms with van der Waals surface area (Å²) in [5, 5.41) is -0.189. The van der Waals surface area contributed by atoms with E-state index in [1.54, 1.807) is 30.9 Å². The Morgan fingerprint density at radius 3 is 2.40 bits per heavy atom. The van der Waals surface area contributed by atoms with E-state index >= 15 is 0 Å². The van der Waals surface area contributed by atoms with E-state index in [1.165, 1.54) is 0 Å². The minimum Gasteiger partial charge on any atom is -0.331 e. The van der Waals surface area contributed by atoms with Crippen molar-refractivity contribution in [2.45, 2.75) is 25.4 Å². The Bertz CT molecular complexity index is 759. The van der Waals surface area contributed by atoms with Gasteiger partial charge in [-0.05, 0) is 30.1 Å². The van der Waals surface area contributed by atoms with Crippen molar-refractivity contribution in [3.8, 4) is 11.4 Å². The zero-order chi connectivity index (χ0) is 18.8. The molecule has 0 aliphatic heterocycles. The van der Waals surface area contributed by atoms with Gasteiger partial charge in [-0.3, -0.25) is 4.67 Å². The first-order valence-corrected chi connectivity index (χ1v) is 10.4. The molecule has 1 heterocycles. The monoisotopic (exact) mass is 391 g/mol. The standard InChI is InChI=1S/C16H21ClF2N3O2P/c1-11(2)9-22(3)25(4,23)10-12-5-7-13(8-6-12)14-20-15(24-21-14)16(17,18)19/h5-8,11H,9-10H2,1-4H3. The fourth-order valence-corrected chi connectivity index (χ4v) is 4.25. The first-order valence-electron chi connectivity index (χ1n) is 7.77. The van der Waals surface area contributed by atoms with Crippen LogP contribution >= 0.6 is 18.9 Å². The maximum Gasteiger partial charge on any atom is 0.400 e. The number of hydrogen-bond acceptors (Lipinski definition) is 4. The summed E-state index contributed by atoms with van der Waals surface area (Å²) < 4.78 is 45.1. The fourth-order valence-electron chi connectivity index (χ4n) is 2.38. The van der Waals surface area contributed by atoms with Crippen molar-refractivity contribution in [2.75, 3.05) is 20.3 Å². The molecule has 9 heteroatoms. The second-order valence-corrected chi connectivity index (χ2v) is 10.1. The molecule has 25 heavy (non-hydrogen) atoms. The van der Waals surface area contributed by atoms with Gasteiger partial charge in [-0.1, -0.05) is 43.3 Å². The quantitative estimate of drug-likeness (QED) is 0.490. The van der Waals surface area contributed by atoms with Crippen LogP contribution in [0.1, 0.15) is 25.3 Å². The normalized spacial score (nSPS) is 14.9. The van der Waals surface area contributed by atoms with Crippen LogP contribution in [0.25, 0.3) is 11.4 Å². The highest BCUT2D eigenvalue weighted by atomic mass is 35.5. The molecule has 0 aliphatic rings. The van der Waals surface area contributed by atoms with Gasteiger partial charge in [0.1, 0.15) is 0 Å². The summed E-state index contributed by atoms with van der Waals surface area (Å²) in [6, 6.07) is 6.92. The molecule has 0 aliphatic carbocycles. The van der Waals surface area contributed by atoms with Crippen molar-refractivity contribution < 1.29 is 17.9 Å². The molecule has 2 rings (SSSR count). The van der Waals surface area contributed by atoms with Gasteiger partial charge in [-0.2, -0.15) is 13.8 Å². The van der Waals surface area contributed by atoms with Crippen LogP contribution in [0.2, 0.25) is 0 Å². The largest absolute Gasteiger partial charge is 0.400 e. The number of rotatable bonds is 7. The maximum absolute atomic E-state index is 12.9. The Morgan fingerprint density at radius 1 is 1.32 bits per heavy atom. The second-order valence-electron chi connectivity index (χ2n) is 6.56. The Labute approximate surface area is 150 Å². The van der Waals surface area contributed by atoms with Gasteiger partial charge in [0.05, 0.1) is 0 Å². The molecule has 0 N–H and O–H groups in total. The minimum atomic E-state index is -3.69. The SMILES string of the molecule is CC(C)CN(C)P(C)(=O)Cc1ccc(-c2noc(C(F)(F)Cl)n2)cc1. The topological polar surface area (TPSA) is 59.2 Å². The minimum absolute atomic E-state index is 0.0264. The third-order valence-corrected chi connectivity index (χ3v) is 6.43. The molecule has 0 radical (unpaired) electrons. The van der Waals surface area contributed by atoms with E-state index in [0.717, 1.165) is 12.1 Å². The van der Waals surface area contributed by atoms with Crippen LogP contribution in [0.5, 0.6) is 0 Å². The molecule has 0 bridgehead atoms. The van der Waals surface area contributed by atoms with Crippen molar-refractivity contribution in [1.82, 2.24) is 14.8 Å². The third kappa shape index (κ3) is 5.33. The summed E-state index contributed by atoms with van der Waals surface area (Å²) in [6.45, 7) is 6.67. The highest BCUT2D eigenvalue weighted by Crippen LogP contribution is 2.48. The molecule has 1 aromatic carbocycles. The van der Waals surface area contributed by atoms with Crippen molar-refractivity contribution in [3.05, 3.63) is 35.7 Å². The van der Waals surface area contributed by atoms with Crippen LogP contribution in [0, 0.1) is 5.92 Å². The lowest BCUT2D eigenvalue weighted by molar-refractivity contribution is 0.0551. The van der Waals surface area contributed by atoms with E-state index in [1.807, 2.05) is 11.7 Å². The highest BCUT2D eigenvalue weighted by Gasteiger charge is 2.35. The van der Waals surface area contributed by atoms with E-state index in [2.05, 4.69) is 28.5 Å². The fraction of sp³-hybridized carbons (Fsp3) is 0.500. The summed E-state index contributed by atoms with van der Waals surface area (Å²) in [7, 11) is -0.634. The lowest BCUT2D eigenvalue weighted by Crippen LogP contribution is -2.20. The lowest BCUT2D eigenvalue weighted by Gasteiger charge is -2.26. The Morgan fingerprint density at radius 2 is 1.92 bits per heavy atom. The van der Waals surface area contributed by atoms with Gasteiger partial charge in [0, 0.05) is 24.9 Å². The number of nitrogens with zero attached hydrogens (tertiary/aromatic N) is 3. The first kappa shape index (κ1) is 20.0. The summed E-state index contributed by atoms with van der Waals surface area (Å²) in [5.41, 5.74) is 1.40. The van der Waals surface area contributed by atoms with E-state index in [9.17, 15) is 13.3 Å². The Kier molecular flexibility index (Phi) is 6.02. The molecule has 0 saturated carbocycles. The smallest absolute Gasteiger partial charge is 0.331 e. The molecular weight excluding hydrogens is 371 g/mol. The van der Waals surface area contributed by atoms with Gasteiger partial charge in [0.25, 0.3) is 0 Å². The van der Waals surface area contributed by atoms with E-state index in [4.69, 9.17) is 11.6 Å². The number of alkyl halides is 3. The average molecular weight is 392 g/mol. The summed E-state index contributed by atoms with van der Waals surface area (Å²) in [6.07, 6.45) is 0.424. The Hall–Kier alpha value is -1.30. The molecule has 1 atom stereocenters. The van der Waals surface area contributed by atoms with Crippen LogP contribution in [-0.2, 0) is 16.1 Å². The van der Waals surface area contributed by atoms with E-state index in [0.29, 0.717) is 17.6 Å². The zero-order valence-corrected chi connectivity index (χ0v) is 16.2. The van der Waals surface area contributed by atoms with Crippen molar-refractivity contribution in [1.29, 1.82) is 0 Å². The molecule has 0 fully saturated rings. The van der Waals surface area contributed by atoms with Gasteiger partial charge in [0.2, 0.25) is 5.82 Å². The predicted octanol–water partition coefficient (Wildman–Crippen LogP) is 5.02. The van der Waals surface area contributed by atoms with Crippen molar-refractivity contribution in [2.24, 2.45) is 5.92 Å². The van der Waals surface area contributed by atoms with Crippen LogP contribution in [-0.4, -0.2) is 35.1 Å². The first-order chi connectivity index (χ1) is 11.5. The van der Waals surface area contributed by atoms with Gasteiger partial charge in [0.15, 0.2) is 7.29 Å². The highest BCUT2D eigenvalue weighted by molar-refractivity contribution is 7.59. The molecule has 1 unspecified atom stereocenters. The van der Waals surface area contributed by atoms with Gasteiger partial charge < -0.3 is 9.09 Å². The number of hydrogen-bond donors (Lipinski definition) is 0. The molecule has 1 aromatic heterocycles. The van der Waals surface area contributed by atoms with Gasteiger partial charge >= 0.3 is 11.3 Å². The second kappa shape index (κ2) is 7.52. The van der Waals surface area contributed by atoms with Crippen molar-refractivity contribution in [3.63, 3.8) is 0 Å². The van der Waals surface area contributed by atoms with Crippen LogP contribution in [0.4, 0.5) is 8.78 Å². The van der Waals surface area contributed by atoms with Crippen LogP contribution < -0.4 is 0 Å². The van der Waals surface area contributed by atoms with E-state index < -0.39 is 18.6 Å². The zero-order valence-electron chi connectivity index (χ0n) is 14.5. The molecule has 0 amide bonds. The maximum atomic E-state index is 12.9. The van der Waals surface area contributed by atoms with Gasteiger partial charge in [-0.25, -0.2) is 0 Å². The number of halogens is 3. The number of aromatic nitrogens is 2. The summed E-state index contributed by atoms with van der Waals surface area (Å²) in [5.74, 6) is -0.492. The third-order valence-electron chi connectivity index (χ3n) is 3.71. The molecule has 2 aromatic rings. The van der Waals surface area contributed by atoms with Crippen molar-refractivity contribution >= 4 is 18.9 Å². The number of benzene rings is 1. The van der Waals surface area contributed by atoms with Gasteiger partial charge in [-0.15, -0.1) is 0 Å². The summed E-state index contributed by atoms with van der Waals surface area (Å²) >= 11 is 4.86.